The van der Waals surface area contributed by atoms with Crippen molar-refractivity contribution in [2.24, 2.45) is 11.8 Å². The van der Waals surface area contributed by atoms with E-state index >= 15 is 0 Å². The second kappa shape index (κ2) is 12.3. The number of carboxylic acids is 1. The molecule has 0 saturated carbocycles. The summed E-state index contributed by atoms with van der Waals surface area (Å²) >= 11 is 5.97. The van der Waals surface area contributed by atoms with Crippen LogP contribution in [0.2, 0.25) is 5.02 Å². The summed E-state index contributed by atoms with van der Waals surface area (Å²) in [5.41, 5.74) is 9.52. The van der Waals surface area contributed by atoms with E-state index < -0.39 is 5.97 Å². The average Bonchev–Trinajstić information content (AvgIpc) is 2.77. The molecule has 2 nitrogen and oxygen atoms in total. The quantitative estimate of drug-likeness (QED) is 0.474. The third kappa shape index (κ3) is 7.24. The highest BCUT2D eigenvalue weighted by atomic mass is 35.5. The third-order valence-electron chi connectivity index (χ3n) is 7.04. The van der Waals surface area contributed by atoms with Gasteiger partial charge in [0.15, 0.2) is 0 Å². The predicted octanol–water partition coefficient (Wildman–Crippen LogP) is 8.59. The molecule has 2 aromatic rings. The van der Waals surface area contributed by atoms with Crippen LogP contribution in [0.3, 0.4) is 0 Å². The number of hydrogen-bond acceptors (Lipinski definition) is 1. The van der Waals surface area contributed by atoms with E-state index in [9.17, 15) is 4.79 Å². The minimum Gasteiger partial charge on any atom is -0.481 e. The highest BCUT2D eigenvalue weighted by molar-refractivity contribution is 6.30. The van der Waals surface area contributed by atoms with Crippen LogP contribution in [-0.2, 0) is 11.2 Å². The van der Waals surface area contributed by atoms with Gasteiger partial charge in [-0.1, -0.05) is 62.2 Å². The molecule has 1 aliphatic carbocycles. The first-order valence-corrected chi connectivity index (χ1v) is 12.3. The first kappa shape index (κ1) is 26.2. The summed E-state index contributed by atoms with van der Waals surface area (Å²) in [6.07, 6.45) is 5.87. The van der Waals surface area contributed by atoms with E-state index in [1.165, 1.54) is 47.9 Å². The Morgan fingerprint density at radius 2 is 1.72 bits per heavy atom. The number of aryl methyl sites for hydroxylation is 2. The molecule has 0 saturated heterocycles. The van der Waals surface area contributed by atoms with Crippen molar-refractivity contribution in [3.63, 3.8) is 0 Å². The van der Waals surface area contributed by atoms with Gasteiger partial charge in [-0.2, -0.15) is 0 Å². The molecule has 1 atom stereocenters. The number of benzene rings is 2. The molecular weight excluding hydrogens is 416 g/mol. The maximum Gasteiger partial charge on any atom is 0.303 e. The van der Waals surface area contributed by atoms with E-state index in [-0.39, 0.29) is 6.42 Å². The number of allylic oxidation sites excluding steroid dienone is 2. The lowest BCUT2D eigenvalue weighted by atomic mass is 9.76. The van der Waals surface area contributed by atoms with Gasteiger partial charge in [-0.05, 0) is 110 Å². The van der Waals surface area contributed by atoms with Gasteiger partial charge in [-0.25, -0.2) is 0 Å². The molecule has 0 spiro atoms. The fourth-order valence-electron chi connectivity index (χ4n) is 4.50. The predicted molar refractivity (Wildman–Crippen MR) is 137 cm³/mol. The number of halogens is 1. The SMILES string of the molecule is CCC1=C(c2ccc(Cl)cc2)CCC(C(C)C)C1.Cc1ccc(CCC(=O)O)c(C)c1C. The molecule has 0 amide bonds. The summed E-state index contributed by atoms with van der Waals surface area (Å²) in [6.45, 7) is 13.2. The van der Waals surface area contributed by atoms with Gasteiger partial charge >= 0.3 is 5.97 Å². The Hall–Kier alpha value is -2.06. The minimum absolute atomic E-state index is 0.212. The van der Waals surface area contributed by atoms with Gasteiger partial charge in [0.25, 0.3) is 0 Å². The van der Waals surface area contributed by atoms with Crippen LogP contribution in [0.5, 0.6) is 0 Å². The Labute approximate surface area is 199 Å². The summed E-state index contributed by atoms with van der Waals surface area (Å²) in [5.74, 6) is 0.942. The van der Waals surface area contributed by atoms with Crippen molar-refractivity contribution >= 4 is 23.1 Å². The van der Waals surface area contributed by atoms with Gasteiger partial charge in [0.05, 0.1) is 0 Å². The molecule has 0 heterocycles. The van der Waals surface area contributed by atoms with Crippen LogP contribution >= 0.6 is 11.6 Å². The zero-order valence-electron chi connectivity index (χ0n) is 20.6. The molecule has 1 unspecified atom stereocenters. The van der Waals surface area contributed by atoms with E-state index in [4.69, 9.17) is 16.7 Å². The van der Waals surface area contributed by atoms with Gasteiger partial charge in [-0.15, -0.1) is 0 Å². The molecule has 0 radical (unpaired) electrons. The van der Waals surface area contributed by atoms with E-state index in [2.05, 4.69) is 59.7 Å². The Morgan fingerprint density at radius 1 is 1.06 bits per heavy atom. The van der Waals surface area contributed by atoms with E-state index in [1.54, 1.807) is 11.1 Å². The lowest BCUT2D eigenvalue weighted by Gasteiger charge is -2.30. The van der Waals surface area contributed by atoms with Crippen LogP contribution in [0.4, 0.5) is 0 Å². The lowest BCUT2D eigenvalue weighted by molar-refractivity contribution is -0.136. The first-order chi connectivity index (χ1) is 15.1. The van der Waals surface area contributed by atoms with Gasteiger partial charge in [0.2, 0.25) is 0 Å². The lowest BCUT2D eigenvalue weighted by Crippen LogP contribution is -2.15. The number of carbonyl (C=O) groups is 1. The second-order valence-electron chi connectivity index (χ2n) is 9.37. The van der Waals surface area contributed by atoms with Gasteiger partial charge < -0.3 is 5.11 Å². The highest BCUT2D eigenvalue weighted by Gasteiger charge is 2.23. The van der Waals surface area contributed by atoms with Crippen LogP contribution in [0.25, 0.3) is 5.57 Å². The van der Waals surface area contributed by atoms with Gasteiger partial charge in [-0.3, -0.25) is 4.79 Å². The van der Waals surface area contributed by atoms with Crippen molar-refractivity contribution in [2.45, 2.75) is 80.1 Å². The molecule has 3 rings (SSSR count). The van der Waals surface area contributed by atoms with Crippen molar-refractivity contribution < 1.29 is 9.90 Å². The third-order valence-corrected chi connectivity index (χ3v) is 7.29. The molecule has 0 bridgehead atoms. The largest absolute Gasteiger partial charge is 0.481 e. The van der Waals surface area contributed by atoms with E-state index in [1.807, 2.05) is 18.2 Å². The van der Waals surface area contributed by atoms with Crippen LogP contribution in [-0.4, -0.2) is 11.1 Å². The fourth-order valence-corrected chi connectivity index (χ4v) is 4.63. The summed E-state index contributed by atoms with van der Waals surface area (Å²) in [4.78, 5) is 10.4. The molecule has 0 fully saturated rings. The number of aliphatic carboxylic acids is 1. The molecule has 2 aromatic carbocycles. The number of rotatable bonds is 6. The Bertz CT molecular complexity index is 938. The fraction of sp³-hybridized carbons (Fsp3) is 0.483. The summed E-state index contributed by atoms with van der Waals surface area (Å²) in [6, 6.07) is 12.4. The highest BCUT2D eigenvalue weighted by Crippen LogP contribution is 2.39. The molecule has 0 aliphatic heterocycles. The maximum atomic E-state index is 10.4. The summed E-state index contributed by atoms with van der Waals surface area (Å²) in [7, 11) is 0. The molecule has 174 valence electrons. The summed E-state index contributed by atoms with van der Waals surface area (Å²) in [5, 5.41) is 9.42. The van der Waals surface area contributed by atoms with Crippen LogP contribution in [0.15, 0.2) is 42.0 Å². The van der Waals surface area contributed by atoms with Crippen LogP contribution in [0, 0.1) is 32.6 Å². The Kier molecular flexibility index (Phi) is 10.0. The Morgan fingerprint density at radius 3 is 2.28 bits per heavy atom. The van der Waals surface area contributed by atoms with Crippen molar-refractivity contribution in [2.75, 3.05) is 0 Å². The monoisotopic (exact) mass is 454 g/mol. The van der Waals surface area contributed by atoms with Gasteiger partial charge in [0, 0.05) is 11.4 Å². The van der Waals surface area contributed by atoms with Crippen LogP contribution < -0.4 is 0 Å². The minimum atomic E-state index is -0.734. The summed E-state index contributed by atoms with van der Waals surface area (Å²) < 4.78 is 0. The molecule has 32 heavy (non-hydrogen) atoms. The topological polar surface area (TPSA) is 37.3 Å². The first-order valence-electron chi connectivity index (χ1n) is 11.9. The molecule has 0 aromatic heterocycles. The van der Waals surface area contributed by atoms with Crippen molar-refractivity contribution in [3.05, 3.63) is 74.8 Å². The number of carboxylic acid groups (broad SMARTS) is 1. The molecule has 3 heteroatoms. The molecule has 1 aliphatic rings. The van der Waals surface area contributed by atoms with E-state index in [0.717, 1.165) is 22.4 Å². The van der Waals surface area contributed by atoms with Crippen LogP contribution in [0.1, 0.15) is 80.7 Å². The average molecular weight is 455 g/mol. The smallest absolute Gasteiger partial charge is 0.303 e. The molecular formula is C29H39ClO2. The molecule has 1 N–H and O–H groups in total. The number of hydrogen-bond donors (Lipinski definition) is 1. The second-order valence-corrected chi connectivity index (χ2v) is 9.81. The van der Waals surface area contributed by atoms with Gasteiger partial charge in [0.1, 0.15) is 0 Å². The van der Waals surface area contributed by atoms with Crippen molar-refractivity contribution in [3.8, 4) is 0 Å². The van der Waals surface area contributed by atoms with Crippen molar-refractivity contribution in [1.29, 1.82) is 0 Å². The standard InChI is InChI=1S/C17H23Cl.C12H16O2/c1-4-13-11-15(12(2)3)7-10-17(13)14-5-8-16(18)9-6-14;1-8-4-5-11(6-7-12(13)14)10(3)9(8)2/h5-6,8-9,12,15H,4,7,10-11H2,1-3H3;4-5H,6-7H2,1-3H3,(H,13,14). The maximum absolute atomic E-state index is 10.4. The van der Waals surface area contributed by atoms with Crippen molar-refractivity contribution in [1.82, 2.24) is 0 Å². The zero-order valence-corrected chi connectivity index (χ0v) is 21.4. The Balaban J connectivity index is 0.000000235. The van der Waals surface area contributed by atoms with E-state index in [0.29, 0.717) is 6.42 Å². The normalized spacial score (nSPS) is 16.1. The zero-order chi connectivity index (χ0) is 23.8.